The third kappa shape index (κ3) is 5.12. The molecule has 0 bridgehead atoms. The Labute approximate surface area is 128 Å². The molecule has 20 heavy (non-hydrogen) atoms. The number of rotatable bonds is 8. The lowest BCUT2D eigenvalue weighted by Crippen LogP contribution is -2.30. The number of hydrogen-bond donors (Lipinski definition) is 0. The summed E-state index contributed by atoms with van der Waals surface area (Å²) in [4.78, 5) is 13.8. The van der Waals surface area contributed by atoms with Gasteiger partial charge in [0.1, 0.15) is 0 Å². The van der Waals surface area contributed by atoms with Crippen molar-refractivity contribution >= 4 is 21.8 Å². The van der Waals surface area contributed by atoms with Crippen molar-refractivity contribution in [2.45, 2.75) is 32.7 Å². The lowest BCUT2D eigenvalue weighted by atomic mass is 10.1. The van der Waals surface area contributed by atoms with Crippen molar-refractivity contribution in [1.29, 1.82) is 0 Å². The van der Waals surface area contributed by atoms with Gasteiger partial charge < -0.3 is 9.64 Å². The average Bonchev–Trinajstić information content (AvgIpc) is 2.45. The summed E-state index contributed by atoms with van der Waals surface area (Å²) in [6.45, 7) is 2.99. The van der Waals surface area contributed by atoms with Gasteiger partial charge in [0.2, 0.25) is 5.91 Å². The molecule has 5 heteroatoms. The van der Waals surface area contributed by atoms with E-state index in [0.717, 1.165) is 23.7 Å². The van der Waals surface area contributed by atoms with Crippen molar-refractivity contribution in [3.05, 3.63) is 29.6 Å². The maximum absolute atomic E-state index is 13.6. The monoisotopic (exact) mass is 345 g/mol. The number of benzene rings is 1. The molecule has 0 saturated heterocycles. The normalized spacial score (nSPS) is 10.4. The Morgan fingerprint density at radius 1 is 1.40 bits per heavy atom. The average molecular weight is 346 g/mol. The van der Waals surface area contributed by atoms with E-state index in [1.165, 1.54) is 13.2 Å². The van der Waals surface area contributed by atoms with Gasteiger partial charge in [-0.05, 0) is 37.5 Å². The maximum atomic E-state index is 13.6. The first-order valence-corrected chi connectivity index (χ1v) is 7.90. The van der Waals surface area contributed by atoms with Crippen LogP contribution in [0.5, 0.6) is 5.75 Å². The molecule has 1 rings (SSSR count). The summed E-state index contributed by atoms with van der Waals surface area (Å²) in [5.74, 6) is -0.0575. The topological polar surface area (TPSA) is 29.5 Å². The molecule has 0 aliphatic rings. The van der Waals surface area contributed by atoms with Gasteiger partial charge in [-0.15, -0.1) is 0 Å². The summed E-state index contributed by atoms with van der Waals surface area (Å²) < 4.78 is 18.5. The Kier molecular flexibility index (Phi) is 7.59. The maximum Gasteiger partial charge on any atom is 0.222 e. The highest BCUT2D eigenvalue weighted by atomic mass is 79.9. The van der Waals surface area contributed by atoms with Crippen LogP contribution in [0.2, 0.25) is 0 Å². The summed E-state index contributed by atoms with van der Waals surface area (Å²) in [5.41, 5.74) is 0.777. The van der Waals surface area contributed by atoms with E-state index in [9.17, 15) is 9.18 Å². The van der Waals surface area contributed by atoms with Crippen molar-refractivity contribution in [2.24, 2.45) is 0 Å². The van der Waals surface area contributed by atoms with Crippen LogP contribution in [-0.2, 0) is 11.3 Å². The van der Waals surface area contributed by atoms with Gasteiger partial charge in [-0.2, -0.15) is 0 Å². The SMILES string of the molecule is CCN(Cc1ccc(OC)c(F)c1)C(=O)CCCCBr. The van der Waals surface area contributed by atoms with Crippen LogP contribution in [0.1, 0.15) is 31.7 Å². The van der Waals surface area contributed by atoms with Gasteiger partial charge >= 0.3 is 0 Å². The molecule has 1 aromatic carbocycles. The van der Waals surface area contributed by atoms with Crippen LogP contribution in [0.3, 0.4) is 0 Å². The minimum Gasteiger partial charge on any atom is -0.494 e. The highest BCUT2D eigenvalue weighted by Gasteiger charge is 2.13. The van der Waals surface area contributed by atoms with Crippen molar-refractivity contribution < 1.29 is 13.9 Å². The first-order valence-electron chi connectivity index (χ1n) is 6.78. The van der Waals surface area contributed by atoms with E-state index in [1.54, 1.807) is 17.0 Å². The molecule has 3 nitrogen and oxygen atoms in total. The van der Waals surface area contributed by atoms with Crippen molar-refractivity contribution in [2.75, 3.05) is 19.0 Å². The fourth-order valence-electron chi connectivity index (χ4n) is 1.93. The quantitative estimate of drug-likeness (QED) is 0.530. The Bertz CT molecular complexity index is 440. The van der Waals surface area contributed by atoms with Crippen LogP contribution in [0.4, 0.5) is 4.39 Å². The number of nitrogens with zero attached hydrogens (tertiary/aromatic N) is 1. The number of methoxy groups -OCH3 is 1. The van der Waals surface area contributed by atoms with Gasteiger partial charge in [0.15, 0.2) is 11.6 Å². The second-order valence-electron chi connectivity index (χ2n) is 4.52. The lowest BCUT2D eigenvalue weighted by Gasteiger charge is -2.21. The summed E-state index contributed by atoms with van der Waals surface area (Å²) >= 11 is 3.35. The molecule has 0 unspecified atom stereocenters. The Balaban J connectivity index is 2.63. The molecule has 0 atom stereocenters. The molecule has 0 aliphatic heterocycles. The lowest BCUT2D eigenvalue weighted by molar-refractivity contribution is -0.131. The zero-order valence-electron chi connectivity index (χ0n) is 12.0. The van der Waals surface area contributed by atoms with E-state index < -0.39 is 5.82 Å². The zero-order chi connectivity index (χ0) is 15.0. The number of carbonyl (C=O) groups excluding carboxylic acids is 1. The molecule has 0 aliphatic carbocycles. The molecule has 1 aromatic rings. The smallest absolute Gasteiger partial charge is 0.222 e. The van der Waals surface area contributed by atoms with Crippen LogP contribution >= 0.6 is 15.9 Å². The summed E-state index contributed by atoms with van der Waals surface area (Å²) in [6.07, 6.45) is 2.40. The predicted molar refractivity (Wildman–Crippen MR) is 81.7 cm³/mol. The molecule has 0 heterocycles. The van der Waals surface area contributed by atoms with E-state index in [-0.39, 0.29) is 11.7 Å². The Morgan fingerprint density at radius 2 is 2.15 bits per heavy atom. The van der Waals surface area contributed by atoms with Crippen LogP contribution < -0.4 is 4.74 Å². The third-order valence-electron chi connectivity index (χ3n) is 3.10. The molecular formula is C15H21BrFNO2. The molecule has 0 aromatic heterocycles. The van der Waals surface area contributed by atoms with Gasteiger partial charge in [0, 0.05) is 24.8 Å². The van der Waals surface area contributed by atoms with Gasteiger partial charge in [-0.1, -0.05) is 22.0 Å². The van der Waals surface area contributed by atoms with Gasteiger partial charge in [-0.3, -0.25) is 4.79 Å². The minimum atomic E-state index is -0.396. The van der Waals surface area contributed by atoms with Gasteiger partial charge in [-0.25, -0.2) is 4.39 Å². The standard InChI is InChI=1S/C15H21BrFNO2/c1-3-18(15(19)6-4-5-9-16)11-12-7-8-14(20-2)13(17)10-12/h7-8,10H,3-6,9,11H2,1-2H3. The van der Waals surface area contributed by atoms with E-state index in [2.05, 4.69) is 15.9 Å². The molecule has 1 amide bonds. The van der Waals surface area contributed by atoms with Crippen molar-refractivity contribution in [1.82, 2.24) is 4.90 Å². The predicted octanol–water partition coefficient (Wildman–Crippen LogP) is 3.75. The molecule has 0 radical (unpaired) electrons. The summed E-state index contributed by atoms with van der Waals surface area (Å²) in [5, 5.41) is 0.913. The molecule has 112 valence electrons. The van der Waals surface area contributed by atoms with Crippen molar-refractivity contribution in [3.63, 3.8) is 0 Å². The number of unbranched alkanes of at least 4 members (excludes halogenated alkanes) is 1. The number of hydrogen-bond acceptors (Lipinski definition) is 2. The van der Waals surface area contributed by atoms with Gasteiger partial charge in [0.25, 0.3) is 0 Å². The summed E-state index contributed by atoms with van der Waals surface area (Å²) in [7, 11) is 1.43. The van der Waals surface area contributed by atoms with Crippen LogP contribution in [-0.4, -0.2) is 29.8 Å². The minimum absolute atomic E-state index is 0.115. The van der Waals surface area contributed by atoms with E-state index in [4.69, 9.17) is 4.74 Å². The number of halogens is 2. The zero-order valence-corrected chi connectivity index (χ0v) is 13.6. The van der Waals surface area contributed by atoms with E-state index >= 15 is 0 Å². The molecule has 0 N–H and O–H groups in total. The summed E-state index contributed by atoms with van der Waals surface area (Å²) in [6, 6.07) is 4.80. The number of ether oxygens (including phenoxy) is 1. The molecule has 0 spiro atoms. The largest absolute Gasteiger partial charge is 0.494 e. The molecular weight excluding hydrogens is 325 g/mol. The fraction of sp³-hybridized carbons (Fsp3) is 0.533. The Hall–Kier alpha value is -1.10. The number of alkyl halides is 1. The second-order valence-corrected chi connectivity index (χ2v) is 5.32. The third-order valence-corrected chi connectivity index (χ3v) is 3.66. The first kappa shape index (κ1) is 17.0. The molecule has 0 saturated carbocycles. The van der Waals surface area contributed by atoms with Crippen LogP contribution in [0.15, 0.2) is 18.2 Å². The second kappa shape index (κ2) is 8.95. The Morgan fingerprint density at radius 3 is 2.70 bits per heavy atom. The van der Waals surface area contributed by atoms with Gasteiger partial charge in [0.05, 0.1) is 7.11 Å². The molecule has 0 fully saturated rings. The number of carbonyl (C=O) groups is 1. The van der Waals surface area contributed by atoms with Crippen LogP contribution in [0, 0.1) is 5.82 Å². The van der Waals surface area contributed by atoms with Crippen molar-refractivity contribution in [3.8, 4) is 5.75 Å². The highest BCUT2D eigenvalue weighted by Crippen LogP contribution is 2.19. The van der Waals surface area contributed by atoms with E-state index in [0.29, 0.717) is 19.5 Å². The van der Waals surface area contributed by atoms with Crippen LogP contribution in [0.25, 0.3) is 0 Å². The fourth-order valence-corrected chi connectivity index (χ4v) is 2.33. The van der Waals surface area contributed by atoms with E-state index in [1.807, 2.05) is 6.92 Å². The first-order chi connectivity index (χ1) is 9.62. The highest BCUT2D eigenvalue weighted by molar-refractivity contribution is 9.09. The number of amides is 1.